The minimum absolute atomic E-state index is 0.00396. The maximum Gasteiger partial charge on any atom is 0.252 e. The van der Waals surface area contributed by atoms with Gasteiger partial charge in [-0.1, -0.05) is 180 Å². The first-order valence-electron chi connectivity index (χ1n) is 28.5. The zero-order valence-electron chi connectivity index (χ0n) is 47.6. The lowest BCUT2D eigenvalue weighted by atomic mass is 9.33. The van der Waals surface area contributed by atoms with E-state index in [1.54, 1.807) is 5.56 Å². The summed E-state index contributed by atoms with van der Waals surface area (Å²) in [5.74, 6) is 0. The Morgan fingerprint density at radius 2 is 0.908 bits per heavy atom. The molecule has 3 aliphatic heterocycles. The number of rotatable bonds is 3. The monoisotopic (exact) mass is 992 g/mol. The molecule has 76 heavy (non-hydrogen) atoms. The molecule has 0 N–H and O–H groups in total. The first kappa shape index (κ1) is 47.7. The molecule has 0 amide bonds. The van der Waals surface area contributed by atoms with Crippen LogP contribution in [0, 0.1) is 13.8 Å². The van der Waals surface area contributed by atoms with Crippen molar-refractivity contribution in [2.75, 3.05) is 14.7 Å². The first-order valence-corrected chi connectivity index (χ1v) is 28.5. The summed E-state index contributed by atoms with van der Waals surface area (Å²) in [6.45, 7) is 33.8. The van der Waals surface area contributed by atoms with Gasteiger partial charge in [0.25, 0.3) is 6.71 Å². The molecule has 1 saturated carbocycles. The molecular weight excluding hydrogens is 918 g/mol. The van der Waals surface area contributed by atoms with E-state index < -0.39 is 0 Å². The Kier molecular flexibility index (Phi) is 9.69. The second-order valence-corrected chi connectivity index (χ2v) is 27.5. The fourth-order valence-electron chi connectivity index (χ4n) is 16.0. The summed E-state index contributed by atoms with van der Waals surface area (Å²) in [6.07, 6.45) is 4.79. The van der Waals surface area contributed by atoms with Crippen LogP contribution in [-0.2, 0) is 27.1 Å². The molecule has 2 atom stereocenters. The summed E-state index contributed by atoms with van der Waals surface area (Å²) in [4.78, 5) is 8.27. The van der Waals surface area contributed by atoms with Gasteiger partial charge in [0.05, 0.1) is 5.54 Å². The Labute approximate surface area is 454 Å². The number of benzene rings is 8. The van der Waals surface area contributed by atoms with Crippen LogP contribution in [0.4, 0.5) is 45.5 Å². The number of hydrogen-bond donors (Lipinski definition) is 0. The predicted molar refractivity (Wildman–Crippen MR) is 325 cm³/mol. The van der Waals surface area contributed by atoms with Gasteiger partial charge in [0, 0.05) is 61.7 Å². The lowest BCUT2D eigenvalue weighted by Crippen LogP contribution is -2.61. The van der Waals surface area contributed by atoms with Crippen LogP contribution in [-0.4, -0.2) is 12.3 Å². The fourth-order valence-corrected chi connectivity index (χ4v) is 16.0. The summed E-state index contributed by atoms with van der Waals surface area (Å²) in [5.41, 5.74) is 31.6. The smallest absolute Gasteiger partial charge is 0.252 e. The second-order valence-electron chi connectivity index (χ2n) is 27.5. The normalized spacial score (nSPS) is 20.8. The lowest BCUT2D eigenvalue weighted by Gasteiger charge is -2.51. The van der Waals surface area contributed by atoms with Crippen LogP contribution in [0.25, 0.3) is 22.3 Å². The van der Waals surface area contributed by atoms with E-state index in [-0.39, 0.29) is 39.3 Å². The van der Waals surface area contributed by atoms with Crippen LogP contribution >= 0.6 is 0 Å². The Morgan fingerprint density at radius 1 is 0.434 bits per heavy atom. The number of hydrogen-bond acceptors (Lipinski definition) is 3. The van der Waals surface area contributed by atoms with Gasteiger partial charge >= 0.3 is 0 Å². The minimum atomic E-state index is -0.159. The van der Waals surface area contributed by atoms with Crippen LogP contribution < -0.4 is 31.1 Å². The average molecular weight is 992 g/mol. The molecule has 1 fully saturated rings. The standard InChI is InChI=1S/C72H74BN3/c1-43-35-44(2)65-62(36-43)76(72(14)34-20-19-33-71(65,72)13)49-41-63-66-64(42-49)75(48-28-30-53-51-22-16-18-24-55(51)70(11,12)57(53)40-48)61-38-46(68(6,7)8)26-32-59(61)73(66)58-31-25-45(67(3,4)5)37-60(58)74(63)47-27-29-52-50-21-15-17-23-54(50)69(9,10)56(52)39-47/h15-18,21-32,35-42H,19-20,33-34H2,1-14H3. The predicted octanol–water partition coefficient (Wildman–Crippen LogP) is 17.3. The summed E-state index contributed by atoms with van der Waals surface area (Å²) in [6, 6.07) is 58.3. The van der Waals surface area contributed by atoms with Crippen molar-refractivity contribution in [3.63, 3.8) is 0 Å². The van der Waals surface area contributed by atoms with Crippen molar-refractivity contribution in [2.45, 2.75) is 155 Å². The largest absolute Gasteiger partial charge is 0.334 e. The second kappa shape index (κ2) is 15.5. The van der Waals surface area contributed by atoms with E-state index in [9.17, 15) is 0 Å². The lowest BCUT2D eigenvalue weighted by molar-refractivity contribution is 0.194. The van der Waals surface area contributed by atoms with Gasteiger partial charge < -0.3 is 14.7 Å². The van der Waals surface area contributed by atoms with Crippen LogP contribution in [0.1, 0.15) is 159 Å². The summed E-state index contributed by atoms with van der Waals surface area (Å²) in [5, 5.41) is 0. The Bertz CT molecular complexity index is 3640. The molecule has 3 heterocycles. The van der Waals surface area contributed by atoms with Crippen molar-refractivity contribution in [2.24, 2.45) is 0 Å². The SMILES string of the molecule is Cc1cc(C)c2c(c1)N(c1cc3c4c(c1)N(c1ccc5c(c1)C(C)(C)c1ccccc1-5)c1cc(C(C)(C)C)ccc1B4c1ccc(C(C)(C)C)cc1N3c1ccc3c(c1)C(C)(C)c1ccccc1-3)C1(C)CCCCC21C. The van der Waals surface area contributed by atoms with Crippen LogP contribution in [0.5, 0.6) is 0 Å². The van der Waals surface area contributed by atoms with Gasteiger partial charge in [-0.15, -0.1) is 0 Å². The highest BCUT2D eigenvalue weighted by Gasteiger charge is 2.59. The maximum atomic E-state index is 2.86. The summed E-state index contributed by atoms with van der Waals surface area (Å²) in [7, 11) is 0. The Hall–Kier alpha value is -6.78. The van der Waals surface area contributed by atoms with Crippen molar-refractivity contribution in [1.82, 2.24) is 0 Å². The highest BCUT2D eigenvalue weighted by molar-refractivity contribution is 7.00. The molecule has 0 aromatic heterocycles. The molecule has 8 aromatic carbocycles. The first-order chi connectivity index (χ1) is 36.0. The third-order valence-corrected chi connectivity index (χ3v) is 20.2. The molecule has 4 heteroatoms. The van der Waals surface area contributed by atoms with E-state index in [1.165, 1.54) is 148 Å². The van der Waals surface area contributed by atoms with E-state index in [0.29, 0.717) is 0 Å². The molecule has 0 radical (unpaired) electrons. The summed E-state index contributed by atoms with van der Waals surface area (Å²) >= 11 is 0. The molecule has 2 unspecified atom stereocenters. The molecule has 380 valence electrons. The number of fused-ring (bicyclic) bond motifs is 13. The van der Waals surface area contributed by atoms with Gasteiger partial charge in [-0.2, -0.15) is 0 Å². The van der Waals surface area contributed by atoms with Crippen molar-refractivity contribution < 1.29 is 0 Å². The van der Waals surface area contributed by atoms with E-state index >= 15 is 0 Å². The molecule has 6 aliphatic rings. The number of anilines is 8. The Morgan fingerprint density at radius 3 is 1.41 bits per heavy atom. The molecule has 3 nitrogen and oxygen atoms in total. The third kappa shape index (κ3) is 6.25. The summed E-state index contributed by atoms with van der Waals surface area (Å²) < 4.78 is 0. The maximum absolute atomic E-state index is 2.86. The van der Waals surface area contributed by atoms with Crippen LogP contribution in [0.2, 0.25) is 0 Å². The van der Waals surface area contributed by atoms with E-state index in [1.807, 2.05) is 0 Å². The van der Waals surface area contributed by atoms with Gasteiger partial charge in [0.1, 0.15) is 0 Å². The quantitative estimate of drug-likeness (QED) is 0.163. The van der Waals surface area contributed by atoms with Crippen molar-refractivity contribution in [3.8, 4) is 22.3 Å². The van der Waals surface area contributed by atoms with Crippen molar-refractivity contribution >= 4 is 68.6 Å². The number of nitrogens with zero attached hydrogens (tertiary/aromatic N) is 3. The minimum Gasteiger partial charge on any atom is -0.334 e. The van der Waals surface area contributed by atoms with Gasteiger partial charge in [0.15, 0.2) is 0 Å². The van der Waals surface area contributed by atoms with Gasteiger partial charge in [-0.05, 0) is 188 Å². The molecule has 0 saturated heterocycles. The molecular formula is C72H74BN3. The van der Waals surface area contributed by atoms with E-state index in [0.717, 1.165) is 6.42 Å². The highest BCUT2D eigenvalue weighted by Crippen LogP contribution is 2.63. The van der Waals surface area contributed by atoms with Crippen LogP contribution in [0.15, 0.2) is 146 Å². The van der Waals surface area contributed by atoms with E-state index in [4.69, 9.17) is 0 Å². The van der Waals surface area contributed by atoms with Gasteiger partial charge in [-0.25, -0.2) is 0 Å². The van der Waals surface area contributed by atoms with Gasteiger partial charge in [0.2, 0.25) is 0 Å². The van der Waals surface area contributed by atoms with Crippen molar-refractivity contribution in [1.29, 1.82) is 0 Å². The van der Waals surface area contributed by atoms with Crippen LogP contribution in [0.3, 0.4) is 0 Å². The average Bonchev–Trinajstić information content (AvgIpc) is 3.97. The molecule has 0 spiro atoms. The molecule has 0 bridgehead atoms. The zero-order valence-corrected chi connectivity index (χ0v) is 47.6. The third-order valence-electron chi connectivity index (χ3n) is 20.2. The topological polar surface area (TPSA) is 9.72 Å². The molecule has 14 rings (SSSR count). The molecule has 8 aromatic rings. The number of aryl methyl sites for hydroxylation is 2. The van der Waals surface area contributed by atoms with E-state index in [2.05, 4.69) is 257 Å². The highest BCUT2D eigenvalue weighted by atomic mass is 15.3. The Balaban J connectivity index is 1.12. The zero-order chi connectivity index (χ0) is 53.0. The van der Waals surface area contributed by atoms with Gasteiger partial charge in [-0.3, -0.25) is 0 Å². The molecule has 3 aliphatic carbocycles. The fraction of sp³-hybridized carbons (Fsp3) is 0.333. The van der Waals surface area contributed by atoms with Crippen molar-refractivity contribution in [3.05, 3.63) is 196 Å².